The summed E-state index contributed by atoms with van der Waals surface area (Å²) in [5.74, 6) is 3.32. The minimum Gasteiger partial charge on any atom is -0.497 e. The molecule has 0 bridgehead atoms. The normalized spacial score (nSPS) is 13.1. The first-order chi connectivity index (χ1) is 18.0. The highest BCUT2D eigenvalue weighted by atomic mass is 16.5. The molecule has 0 aliphatic carbocycles. The molecule has 1 aromatic heterocycles. The van der Waals surface area contributed by atoms with Crippen LogP contribution in [0.15, 0.2) is 63.8 Å². The molecule has 8 nitrogen and oxygen atoms in total. The van der Waals surface area contributed by atoms with Crippen LogP contribution in [0, 0.1) is 0 Å². The van der Waals surface area contributed by atoms with Gasteiger partial charge < -0.3 is 28.1 Å². The molecule has 3 aromatic carbocycles. The van der Waals surface area contributed by atoms with Crippen LogP contribution in [0.1, 0.15) is 11.1 Å². The summed E-state index contributed by atoms with van der Waals surface area (Å²) in [7, 11) is 6.40. The Morgan fingerprint density at radius 3 is 2.38 bits per heavy atom. The van der Waals surface area contributed by atoms with E-state index in [0.717, 1.165) is 35.2 Å². The Labute approximate surface area is 214 Å². The van der Waals surface area contributed by atoms with E-state index in [0.29, 0.717) is 53.0 Å². The number of hydrogen-bond donors (Lipinski definition) is 0. The maximum Gasteiger partial charge on any atom is 0.344 e. The van der Waals surface area contributed by atoms with Crippen LogP contribution in [0.25, 0.3) is 22.1 Å². The Kier molecular flexibility index (Phi) is 6.92. The number of rotatable bonds is 8. The first kappa shape index (κ1) is 24.5. The van der Waals surface area contributed by atoms with Gasteiger partial charge in [0.15, 0.2) is 11.5 Å². The van der Waals surface area contributed by atoms with Gasteiger partial charge in [0.1, 0.15) is 29.6 Å². The fraction of sp³-hybridized carbons (Fsp3) is 0.276. The van der Waals surface area contributed by atoms with Crippen LogP contribution in [0.5, 0.6) is 28.7 Å². The van der Waals surface area contributed by atoms with Crippen molar-refractivity contribution in [3.8, 4) is 39.9 Å². The van der Waals surface area contributed by atoms with Gasteiger partial charge >= 0.3 is 5.63 Å². The van der Waals surface area contributed by atoms with Crippen molar-refractivity contribution >= 4 is 11.0 Å². The summed E-state index contributed by atoms with van der Waals surface area (Å²) in [6.07, 6.45) is 0.801. The molecule has 0 fully saturated rings. The fourth-order valence-electron chi connectivity index (χ4n) is 4.61. The van der Waals surface area contributed by atoms with E-state index in [1.807, 2.05) is 36.4 Å². The fourth-order valence-corrected chi connectivity index (χ4v) is 4.61. The second-order valence-corrected chi connectivity index (χ2v) is 8.74. The van der Waals surface area contributed by atoms with Crippen molar-refractivity contribution in [1.29, 1.82) is 0 Å². The lowest BCUT2D eigenvalue weighted by Gasteiger charge is -2.29. The summed E-state index contributed by atoms with van der Waals surface area (Å²) in [6.45, 7) is 1.82. The SMILES string of the molecule is COc1ccc(-c2cc3ccc4c(c3oc2=O)CN(CCc2ccc(OC)c(OC)c2)CO4)c(OC)c1. The number of nitrogens with zero attached hydrogens (tertiary/aromatic N) is 1. The summed E-state index contributed by atoms with van der Waals surface area (Å²) in [5, 5.41) is 0.816. The van der Waals surface area contributed by atoms with Gasteiger partial charge in [-0.15, -0.1) is 0 Å². The highest BCUT2D eigenvalue weighted by molar-refractivity contribution is 5.87. The van der Waals surface area contributed by atoms with Crippen LogP contribution in [-0.2, 0) is 13.0 Å². The van der Waals surface area contributed by atoms with Crippen molar-refractivity contribution < 1.29 is 28.1 Å². The minimum atomic E-state index is -0.438. The molecule has 0 atom stereocenters. The number of fused-ring (bicyclic) bond motifs is 3. The van der Waals surface area contributed by atoms with E-state index in [9.17, 15) is 4.79 Å². The third-order valence-corrected chi connectivity index (χ3v) is 6.61. The zero-order valence-corrected chi connectivity index (χ0v) is 21.3. The first-order valence-corrected chi connectivity index (χ1v) is 11.9. The van der Waals surface area contributed by atoms with Crippen molar-refractivity contribution in [2.75, 3.05) is 41.7 Å². The van der Waals surface area contributed by atoms with Crippen molar-refractivity contribution in [2.45, 2.75) is 13.0 Å². The highest BCUT2D eigenvalue weighted by Crippen LogP contribution is 2.36. The summed E-state index contributed by atoms with van der Waals surface area (Å²) < 4.78 is 33.4. The number of benzene rings is 3. The molecule has 192 valence electrons. The lowest BCUT2D eigenvalue weighted by atomic mass is 10.0. The molecular weight excluding hydrogens is 474 g/mol. The highest BCUT2D eigenvalue weighted by Gasteiger charge is 2.23. The van der Waals surface area contributed by atoms with Crippen molar-refractivity contribution in [1.82, 2.24) is 4.90 Å². The largest absolute Gasteiger partial charge is 0.497 e. The van der Waals surface area contributed by atoms with E-state index in [-0.39, 0.29) is 0 Å². The molecule has 0 unspecified atom stereocenters. The molecule has 2 heterocycles. The van der Waals surface area contributed by atoms with Gasteiger partial charge in [-0.3, -0.25) is 4.90 Å². The zero-order valence-electron chi connectivity index (χ0n) is 21.3. The quantitative estimate of drug-likeness (QED) is 0.315. The molecule has 0 saturated carbocycles. The molecule has 0 N–H and O–H groups in total. The first-order valence-electron chi connectivity index (χ1n) is 11.9. The van der Waals surface area contributed by atoms with Gasteiger partial charge in [-0.2, -0.15) is 0 Å². The zero-order chi connectivity index (χ0) is 25.9. The molecule has 1 aliphatic rings. The second kappa shape index (κ2) is 10.4. The van der Waals surface area contributed by atoms with E-state index in [1.165, 1.54) is 0 Å². The van der Waals surface area contributed by atoms with Gasteiger partial charge in [0.2, 0.25) is 0 Å². The number of methoxy groups -OCH3 is 4. The van der Waals surface area contributed by atoms with Gasteiger partial charge in [0.25, 0.3) is 0 Å². The molecular formula is C29H29NO7. The van der Waals surface area contributed by atoms with Crippen LogP contribution in [0.4, 0.5) is 0 Å². The van der Waals surface area contributed by atoms with Crippen LogP contribution in [-0.4, -0.2) is 46.6 Å². The Hall–Kier alpha value is -4.17. The standard InChI is InChI=1S/C29H29NO7/c1-32-20-7-8-21(26(15-20)34-3)22-14-19-6-10-24-23(28(19)37-29(22)31)16-30(17-36-24)12-11-18-5-9-25(33-2)27(13-18)35-4/h5-10,13-15H,11-12,16-17H2,1-4H3. The number of ether oxygens (including phenoxy) is 5. The average molecular weight is 504 g/mol. The van der Waals surface area contributed by atoms with E-state index >= 15 is 0 Å². The molecule has 1 aliphatic heterocycles. The minimum absolute atomic E-state index is 0.425. The molecule has 4 aromatic rings. The van der Waals surface area contributed by atoms with Crippen LogP contribution in [0.2, 0.25) is 0 Å². The third-order valence-electron chi connectivity index (χ3n) is 6.61. The van der Waals surface area contributed by atoms with Crippen molar-refractivity contribution in [3.63, 3.8) is 0 Å². The molecule has 0 saturated heterocycles. The van der Waals surface area contributed by atoms with E-state index < -0.39 is 5.63 Å². The maximum absolute atomic E-state index is 13.1. The molecule has 5 rings (SSSR count). The average Bonchev–Trinajstić information content (AvgIpc) is 2.95. The smallest absolute Gasteiger partial charge is 0.344 e. The topological polar surface area (TPSA) is 79.6 Å². The lowest BCUT2D eigenvalue weighted by Crippen LogP contribution is -2.33. The maximum atomic E-state index is 13.1. The molecule has 37 heavy (non-hydrogen) atoms. The Morgan fingerprint density at radius 2 is 1.62 bits per heavy atom. The number of hydrogen-bond acceptors (Lipinski definition) is 8. The van der Waals surface area contributed by atoms with E-state index in [1.54, 1.807) is 46.6 Å². The Balaban J connectivity index is 1.41. The Morgan fingerprint density at radius 1 is 0.811 bits per heavy atom. The third kappa shape index (κ3) is 4.80. The second-order valence-electron chi connectivity index (χ2n) is 8.74. The van der Waals surface area contributed by atoms with Crippen molar-refractivity contribution in [3.05, 3.63) is 76.1 Å². The molecule has 8 heteroatoms. The summed E-state index contributed by atoms with van der Waals surface area (Å²) in [6, 6.07) is 16.9. The van der Waals surface area contributed by atoms with Crippen LogP contribution < -0.4 is 29.3 Å². The van der Waals surface area contributed by atoms with E-state index in [4.69, 9.17) is 28.1 Å². The van der Waals surface area contributed by atoms with Gasteiger partial charge in [-0.25, -0.2) is 4.79 Å². The van der Waals surface area contributed by atoms with Crippen LogP contribution in [0.3, 0.4) is 0 Å². The van der Waals surface area contributed by atoms with Gasteiger partial charge in [0, 0.05) is 30.1 Å². The predicted octanol–water partition coefficient (Wildman–Crippen LogP) is 4.89. The van der Waals surface area contributed by atoms with E-state index in [2.05, 4.69) is 4.90 Å². The van der Waals surface area contributed by atoms with Crippen molar-refractivity contribution in [2.24, 2.45) is 0 Å². The van der Waals surface area contributed by atoms with Gasteiger partial charge in [-0.05, 0) is 54.4 Å². The monoisotopic (exact) mass is 503 g/mol. The summed E-state index contributed by atoms with van der Waals surface area (Å²) in [4.78, 5) is 15.3. The molecule has 0 radical (unpaired) electrons. The van der Waals surface area contributed by atoms with Gasteiger partial charge in [0.05, 0.1) is 39.6 Å². The van der Waals surface area contributed by atoms with Crippen LogP contribution >= 0.6 is 0 Å². The lowest BCUT2D eigenvalue weighted by molar-refractivity contribution is 0.0967. The summed E-state index contributed by atoms with van der Waals surface area (Å²) in [5.41, 5.74) is 3.16. The molecule has 0 amide bonds. The van der Waals surface area contributed by atoms with Gasteiger partial charge in [-0.1, -0.05) is 6.07 Å². The molecule has 0 spiro atoms. The summed E-state index contributed by atoms with van der Waals surface area (Å²) >= 11 is 0. The predicted molar refractivity (Wildman–Crippen MR) is 140 cm³/mol. The Bertz CT molecular complexity index is 1490.